The number of aromatic amines is 1. The number of nitrogens with zero attached hydrogens (tertiary/aromatic N) is 1. The van der Waals surface area contributed by atoms with E-state index in [1.54, 1.807) is 14.2 Å². The molecule has 2 N–H and O–H groups in total. The summed E-state index contributed by atoms with van der Waals surface area (Å²) in [5, 5.41) is 4.18. The Morgan fingerprint density at radius 1 is 0.900 bits per heavy atom. The molecule has 1 saturated heterocycles. The lowest BCUT2D eigenvalue weighted by Crippen LogP contribution is -2.45. The standard InChI is InChI=1S/C23H25N3O3S/c1-28-18-7-3-16(4-8-18)20-15-21(30-23(27)26-13-11-24-12-14-26)25-22(20)17-5-9-19(29-2)10-6-17/h3-10,15,24-25H,11-14H2,1-2H3. The number of H-pyrrole nitrogens is 1. The molecule has 1 fully saturated rings. The lowest BCUT2D eigenvalue weighted by Gasteiger charge is -2.26. The molecular weight excluding hydrogens is 398 g/mol. The van der Waals surface area contributed by atoms with Gasteiger partial charge in [0, 0.05) is 31.7 Å². The first-order valence-electron chi connectivity index (χ1n) is 9.87. The molecule has 3 aromatic rings. The van der Waals surface area contributed by atoms with E-state index in [1.165, 1.54) is 11.8 Å². The van der Waals surface area contributed by atoms with Crippen LogP contribution in [0.5, 0.6) is 11.5 Å². The fourth-order valence-corrected chi connectivity index (χ4v) is 4.30. The lowest BCUT2D eigenvalue weighted by atomic mass is 10.0. The number of hydrogen-bond acceptors (Lipinski definition) is 5. The number of methoxy groups -OCH3 is 2. The van der Waals surface area contributed by atoms with Crippen LogP contribution < -0.4 is 14.8 Å². The number of benzene rings is 2. The van der Waals surface area contributed by atoms with Gasteiger partial charge < -0.3 is 24.7 Å². The summed E-state index contributed by atoms with van der Waals surface area (Å²) in [6.45, 7) is 3.16. The molecule has 0 saturated carbocycles. The molecule has 1 amide bonds. The zero-order valence-corrected chi connectivity index (χ0v) is 17.9. The maximum Gasteiger partial charge on any atom is 0.287 e. The molecule has 2 aromatic carbocycles. The van der Waals surface area contributed by atoms with Gasteiger partial charge in [0.2, 0.25) is 0 Å². The smallest absolute Gasteiger partial charge is 0.287 e. The second-order valence-electron chi connectivity index (χ2n) is 6.98. The molecule has 156 valence electrons. The minimum Gasteiger partial charge on any atom is -0.497 e. The Labute approximate surface area is 180 Å². The van der Waals surface area contributed by atoms with E-state index in [2.05, 4.69) is 10.3 Å². The monoisotopic (exact) mass is 423 g/mol. The fourth-order valence-electron chi connectivity index (χ4n) is 3.47. The SMILES string of the molecule is COc1ccc(-c2cc(SC(=O)N3CCNCC3)[nH]c2-c2ccc(OC)cc2)cc1. The third-order valence-corrected chi connectivity index (χ3v) is 6.02. The Morgan fingerprint density at radius 2 is 1.47 bits per heavy atom. The van der Waals surface area contributed by atoms with Crippen LogP contribution in [0.25, 0.3) is 22.4 Å². The highest BCUT2D eigenvalue weighted by atomic mass is 32.2. The van der Waals surface area contributed by atoms with Gasteiger partial charge in [0.25, 0.3) is 5.24 Å². The van der Waals surface area contributed by atoms with Crippen molar-refractivity contribution in [3.8, 4) is 33.9 Å². The van der Waals surface area contributed by atoms with Gasteiger partial charge in [-0.25, -0.2) is 0 Å². The van der Waals surface area contributed by atoms with Crippen molar-refractivity contribution in [3.05, 3.63) is 54.6 Å². The van der Waals surface area contributed by atoms with E-state index in [0.29, 0.717) is 0 Å². The first-order valence-corrected chi connectivity index (χ1v) is 10.7. The van der Waals surface area contributed by atoms with Gasteiger partial charge in [-0.15, -0.1) is 0 Å². The molecule has 0 radical (unpaired) electrons. The van der Waals surface area contributed by atoms with Crippen LogP contribution >= 0.6 is 11.8 Å². The molecule has 2 heterocycles. The van der Waals surface area contributed by atoms with E-state index in [-0.39, 0.29) is 5.24 Å². The van der Waals surface area contributed by atoms with Gasteiger partial charge in [-0.05, 0) is 65.4 Å². The van der Waals surface area contributed by atoms with Crippen molar-refractivity contribution in [2.45, 2.75) is 5.03 Å². The number of hydrogen-bond donors (Lipinski definition) is 2. The second kappa shape index (κ2) is 9.28. The van der Waals surface area contributed by atoms with Gasteiger partial charge in [-0.3, -0.25) is 4.79 Å². The molecule has 0 aliphatic carbocycles. The van der Waals surface area contributed by atoms with Crippen LogP contribution in [0.1, 0.15) is 0 Å². The van der Waals surface area contributed by atoms with Gasteiger partial charge >= 0.3 is 0 Å². The molecule has 0 bridgehead atoms. The van der Waals surface area contributed by atoms with Gasteiger partial charge in [0.1, 0.15) is 11.5 Å². The van der Waals surface area contributed by atoms with E-state index < -0.39 is 0 Å². The number of carbonyl (C=O) groups is 1. The number of piperazine rings is 1. The van der Waals surface area contributed by atoms with Crippen LogP contribution in [-0.4, -0.2) is 55.5 Å². The number of aromatic nitrogens is 1. The summed E-state index contributed by atoms with van der Waals surface area (Å²) in [7, 11) is 3.31. The van der Waals surface area contributed by atoms with E-state index in [1.807, 2.05) is 59.5 Å². The summed E-state index contributed by atoms with van der Waals surface area (Å²) < 4.78 is 10.6. The quantitative estimate of drug-likeness (QED) is 0.592. The highest BCUT2D eigenvalue weighted by Gasteiger charge is 2.20. The molecule has 0 unspecified atom stereocenters. The van der Waals surface area contributed by atoms with E-state index >= 15 is 0 Å². The number of ether oxygens (including phenoxy) is 2. The highest BCUT2D eigenvalue weighted by molar-refractivity contribution is 8.13. The Kier molecular flexibility index (Phi) is 6.30. The molecule has 4 rings (SSSR count). The van der Waals surface area contributed by atoms with Gasteiger partial charge in [-0.1, -0.05) is 12.1 Å². The minimum atomic E-state index is 0.0697. The zero-order chi connectivity index (χ0) is 20.9. The Balaban J connectivity index is 1.67. The summed E-state index contributed by atoms with van der Waals surface area (Å²) >= 11 is 1.24. The van der Waals surface area contributed by atoms with Gasteiger partial charge in [-0.2, -0.15) is 0 Å². The summed E-state index contributed by atoms with van der Waals surface area (Å²) in [4.78, 5) is 18.1. The highest BCUT2D eigenvalue weighted by Crippen LogP contribution is 2.37. The Hall–Kier alpha value is -2.90. The number of amides is 1. The first-order chi connectivity index (χ1) is 14.7. The molecule has 1 aromatic heterocycles. The predicted molar refractivity (Wildman–Crippen MR) is 120 cm³/mol. The number of carbonyl (C=O) groups excluding carboxylic acids is 1. The fraction of sp³-hybridized carbons (Fsp3) is 0.261. The summed E-state index contributed by atoms with van der Waals surface area (Å²) in [5.41, 5.74) is 4.10. The first kappa shape index (κ1) is 20.4. The average molecular weight is 424 g/mol. The molecule has 6 nitrogen and oxygen atoms in total. The van der Waals surface area contributed by atoms with Crippen molar-refractivity contribution >= 4 is 17.0 Å². The Bertz CT molecular complexity index is 929. The van der Waals surface area contributed by atoms with Crippen LogP contribution in [0.15, 0.2) is 59.6 Å². The second-order valence-corrected chi connectivity index (χ2v) is 7.98. The van der Waals surface area contributed by atoms with Crippen molar-refractivity contribution in [1.29, 1.82) is 0 Å². The topological polar surface area (TPSA) is 66.6 Å². The van der Waals surface area contributed by atoms with Crippen LogP contribution in [-0.2, 0) is 0 Å². The maximum absolute atomic E-state index is 12.7. The van der Waals surface area contributed by atoms with Crippen molar-refractivity contribution < 1.29 is 14.3 Å². The lowest BCUT2D eigenvalue weighted by molar-refractivity contribution is 0.215. The van der Waals surface area contributed by atoms with Crippen molar-refractivity contribution in [2.24, 2.45) is 0 Å². The molecule has 0 atom stereocenters. The third-order valence-electron chi connectivity index (χ3n) is 5.15. The van der Waals surface area contributed by atoms with Gasteiger partial charge in [0.05, 0.1) is 24.9 Å². The summed E-state index contributed by atoms with van der Waals surface area (Å²) in [6, 6.07) is 17.9. The third kappa shape index (κ3) is 4.47. The van der Waals surface area contributed by atoms with E-state index in [0.717, 1.165) is 65.1 Å². The molecule has 1 aliphatic heterocycles. The normalized spacial score (nSPS) is 13.9. The zero-order valence-electron chi connectivity index (χ0n) is 17.1. The van der Waals surface area contributed by atoms with Crippen molar-refractivity contribution in [3.63, 3.8) is 0 Å². The molecule has 7 heteroatoms. The minimum absolute atomic E-state index is 0.0697. The van der Waals surface area contributed by atoms with Crippen molar-refractivity contribution in [1.82, 2.24) is 15.2 Å². The Morgan fingerprint density at radius 3 is 2.03 bits per heavy atom. The molecular formula is C23H25N3O3S. The summed E-state index contributed by atoms with van der Waals surface area (Å²) in [5.74, 6) is 1.61. The average Bonchev–Trinajstić information content (AvgIpc) is 3.23. The molecule has 30 heavy (non-hydrogen) atoms. The molecule has 0 spiro atoms. The largest absolute Gasteiger partial charge is 0.497 e. The van der Waals surface area contributed by atoms with E-state index in [4.69, 9.17) is 9.47 Å². The number of rotatable bonds is 5. The van der Waals surface area contributed by atoms with Crippen LogP contribution in [0.4, 0.5) is 4.79 Å². The number of thioether (sulfide) groups is 1. The van der Waals surface area contributed by atoms with Crippen LogP contribution in [0.3, 0.4) is 0 Å². The van der Waals surface area contributed by atoms with Gasteiger partial charge in [0.15, 0.2) is 0 Å². The van der Waals surface area contributed by atoms with Crippen LogP contribution in [0, 0.1) is 0 Å². The molecule has 1 aliphatic rings. The summed E-state index contributed by atoms with van der Waals surface area (Å²) in [6.07, 6.45) is 0. The van der Waals surface area contributed by atoms with Crippen molar-refractivity contribution in [2.75, 3.05) is 40.4 Å². The van der Waals surface area contributed by atoms with E-state index in [9.17, 15) is 4.79 Å². The number of nitrogens with one attached hydrogen (secondary N) is 2. The van der Waals surface area contributed by atoms with Crippen LogP contribution in [0.2, 0.25) is 0 Å². The maximum atomic E-state index is 12.7. The predicted octanol–water partition coefficient (Wildman–Crippen LogP) is 4.48.